The Hall–Kier alpha value is -3.20. The average Bonchev–Trinajstić information content (AvgIpc) is 3.26. The highest BCUT2D eigenvalue weighted by molar-refractivity contribution is 7.16. The van der Waals surface area contributed by atoms with E-state index in [9.17, 15) is 0 Å². The molecule has 0 spiro atoms. The summed E-state index contributed by atoms with van der Waals surface area (Å²) in [4.78, 5) is 18.4. The number of aliphatic imine (C=N–C) groups is 1. The Balaban J connectivity index is 1.73. The summed E-state index contributed by atoms with van der Waals surface area (Å²) in [7, 11) is 1.69. The minimum Gasteiger partial charge on any atom is -0.404 e. The Kier molecular flexibility index (Phi) is 3.90. The first-order valence-corrected chi connectivity index (χ1v) is 8.40. The van der Waals surface area contributed by atoms with Gasteiger partial charge in [-0.25, -0.2) is 19.6 Å². The normalized spacial score (nSPS) is 12.6. The molecule has 4 rings (SSSR count). The predicted molar refractivity (Wildman–Crippen MR) is 98.4 cm³/mol. The lowest BCUT2D eigenvalue weighted by Crippen LogP contribution is -2.05. The topological polar surface area (TPSA) is 108 Å². The highest BCUT2D eigenvalue weighted by atomic mass is 32.1. The highest BCUT2D eigenvalue weighted by Crippen LogP contribution is 2.18. The fourth-order valence-corrected chi connectivity index (χ4v) is 3.16. The maximum Gasteiger partial charge on any atom is 0.179 e. The van der Waals surface area contributed by atoms with Gasteiger partial charge in [0.2, 0.25) is 0 Å². The summed E-state index contributed by atoms with van der Waals surface area (Å²) in [5.41, 5.74) is 12.1. The van der Waals surface area contributed by atoms with Crippen molar-refractivity contribution in [3.05, 3.63) is 47.4 Å². The molecule has 0 fully saturated rings. The summed E-state index contributed by atoms with van der Waals surface area (Å²) >= 11 is 1.51. The van der Waals surface area contributed by atoms with Gasteiger partial charge in [-0.2, -0.15) is 0 Å². The van der Waals surface area contributed by atoms with Crippen LogP contribution in [0.1, 0.15) is 11.4 Å². The lowest BCUT2D eigenvalue weighted by Gasteiger charge is -2.04. The van der Waals surface area contributed by atoms with Crippen LogP contribution >= 0.6 is 11.3 Å². The molecule has 124 valence electrons. The van der Waals surface area contributed by atoms with Crippen molar-refractivity contribution in [2.45, 2.75) is 6.54 Å². The molecule has 0 aliphatic rings. The van der Waals surface area contributed by atoms with Gasteiger partial charge in [0.1, 0.15) is 10.3 Å². The summed E-state index contributed by atoms with van der Waals surface area (Å²) in [6, 6.07) is 7.62. The third kappa shape index (κ3) is 2.85. The maximum absolute atomic E-state index is 5.67. The van der Waals surface area contributed by atoms with Gasteiger partial charge in [0.05, 0.1) is 29.0 Å². The van der Waals surface area contributed by atoms with Crippen molar-refractivity contribution in [1.29, 1.82) is 0 Å². The van der Waals surface area contributed by atoms with Crippen LogP contribution in [0.3, 0.4) is 0 Å². The predicted octanol–water partition coefficient (Wildman–Crippen LogP) is 1.88. The van der Waals surface area contributed by atoms with Crippen LogP contribution in [-0.4, -0.2) is 43.2 Å². The van der Waals surface area contributed by atoms with Crippen LogP contribution in [0.5, 0.6) is 0 Å². The zero-order valence-electron chi connectivity index (χ0n) is 13.4. The molecule has 9 heteroatoms. The molecule has 4 aromatic rings. The zero-order valence-corrected chi connectivity index (χ0v) is 14.2. The quantitative estimate of drug-likeness (QED) is 0.563. The summed E-state index contributed by atoms with van der Waals surface area (Å²) in [6.07, 6.45) is 3.15. The first kappa shape index (κ1) is 15.3. The second kappa shape index (κ2) is 6.36. The van der Waals surface area contributed by atoms with E-state index in [1.807, 2.05) is 24.3 Å². The van der Waals surface area contributed by atoms with Crippen molar-refractivity contribution in [3.8, 4) is 0 Å². The number of aromatic nitrogens is 6. The Bertz CT molecular complexity index is 1110. The van der Waals surface area contributed by atoms with Gasteiger partial charge in [-0.1, -0.05) is 5.21 Å². The molecule has 0 amide bonds. The van der Waals surface area contributed by atoms with Crippen molar-refractivity contribution in [2.75, 3.05) is 7.05 Å². The minimum atomic E-state index is 0.477. The summed E-state index contributed by atoms with van der Waals surface area (Å²) in [6.45, 7) is 0.477. The van der Waals surface area contributed by atoms with E-state index in [0.29, 0.717) is 17.7 Å². The van der Waals surface area contributed by atoms with E-state index in [1.54, 1.807) is 23.5 Å². The molecule has 0 unspecified atom stereocenters. The smallest absolute Gasteiger partial charge is 0.179 e. The molecule has 0 aromatic carbocycles. The lowest BCUT2D eigenvalue weighted by molar-refractivity contribution is 0.654. The summed E-state index contributed by atoms with van der Waals surface area (Å²) in [5, 5.41) is 8.37. The number of allylic oxidation sites excluding steroid dienone is 1. The number of nitrogens with two attached hydrogens (primary N) is 1. The van der Waals surface area contributed by atoms with Crippen LogP contribution in [0.25, 0.3) is 27.1 Å². The van der Waals surface area contributed by atoms with Crippen molar-refractivity contribution >= 4 is 44.6 Å². The van der Waals surface area contributed by atoms with E-state index in [1.165, 1.54) is 17.5 Å². The van der Waals surface area contributed by atoms with Crippen molar-refractivity contribution in [1.82, 2.24) is 29.9 Å². The molecule has 2 N–H and O–H groups in total. The molecule has 8 nitrogen and oxygen atoms in total. The van der Waals surface area contributed by atoms with Crippen LogP contribution in [0.2, 0.25) is 0 Å². The van der Waals surface area contributed by atoms with Crippen molar-refractivity contribution < 1.29 is 0 Å². The van der Waals surface area contributed by atoms with E-state index >= 15 is 0 Å². The number of hydrogen-bond acceptors (Lipinski definition) is 8. The molecule has 0 radical (unpaired) electrons. The Morgan fingerprint density at radius 3 is 2.96 bits per heavy atom. The van der Waals surface area contributed by atoms with E-state index in [0.717, 1.165) is 27.3 Å². The molecular formula is C16H14N8S. The standard InChI is InChI=1S/C16H14N8S/c1-18-7-10(6-17)12-4-5-13-15(21-12)24(23-22-13)8-11-2-3-14-16(20-11)25-9-19-14/h2-7,9H,8,17H2,1H3. The lowest BCUT2D eigenvalue weighted by atomic mass is 10.2. The molecule has 0 bridgehead atoms. The van der Waals surface area contributed by atoms with Gasteiger partial charge < -0.3 is 5.73 Å². The molecule has 0 atom stereocenters. The number of pyridine rings is 2. The third-order valence-corrected chi connectivity index (χ3v) is 4.40. The second-order valence-electron chi connectivity index (χ2n) is 5.27. The number of fused-ring (bicyclic) bond motifs is 2. The minimum absolute atomic E-state index is 0.477. The number of thiazole rings is 1. The molecule has 25 heavy (non-hydrogen) atoms. The molecule has 0 aliphatic heterocycles. The van der Waals surface area contributed by atoms with Gasteiger partial charge in [0.25, 0.3) is 0 Å². The summed E-state index contributed by atoms with van der Waals surface area (Å²) < 4.78 is 1.73. The van der Waals surface area contributed by atoms with Crippen LogP contribution in [0.4, 0.5) is 0 Å². The van der Waals surface area contributed by atoms with Crippen LogP contribution in [-0.2, 0) is 6.54 Å². The monoisotopic (exact) mass is 350 g/mol. The Morgan fingerprint density at radius 2 is 2.12 bits per heavy atom. The third-order valence-electron chi connectivity index (χ3n) is 3.67. The SMILES string of the molecule is CN=CC(=CN)c1ccc2nnn(Cc3ccc4ncsc4n3)c2n1. The molecule has 0 saturated heterocycles. The van der Waals surface area contributed by atoms with Crippen LogP contribution in [0, 0.1) is 0 Å². The molecule has 0 saturated carbocycles. The van der Waals surface area contributed by atoms with Crippen LogP contribution < -0.4 is 5.73 Å². The molecular weight excluding hydrogens is 336 g/mol. The fourth-order valence-electron chi connectivity index (χ4n) is 2.49. The first-order valence-electron chi connectivity index (χ1n) is 7.52. The van der Waals surface area contributed by atoms with Gasteiger partial charge >= 0.3 is 0 Å². The van der Waals surface area contributed by atoms with Gasteiger partial charge in [-0.05, 0) is 24.3 Å². The first-order chi connectivity index (χ1) is 12.3. The largest absolute Gasteiger partial charge is 0.404 e. The zero-order chi connectivity index (χ0) is 17.2. The fraction of sp³-hybridized carbons (Fsp3) is 0.125. The number of hydrogen-bond donors (Lipinski definition) is 1. The Labute approximate surface area is 146 Å². The number of nitrogens with zero attached hydrogens (tertiary/aromatic N) is 7. The van der Waals surface area contributed by atoms with E-state index in [4.69, 9.17) is 5.73 Å². The molecule has 4 heterocycles. The highest BCUT2D eigenvalue weighted by Gasteiger charge is 2.11. The van der Waals surface area contributed by atoms with E-state index in [2.05, 4.69) is 30.3 Å². The maximum atomic E-state index is 5.67. The Morgan fingerprint density at radius 1 is 1.24 bits per heavy atom. The molecule has 0 aliphatic carbocycles. The van der Waals surface area contributed by atoms with Crippen molar-refractivity contribution in [3.63, 3.8) is 0 Å². The van der Waals surface area contributed by atoms with Crippen molar-refractivity contribution in [2.24, 2.45) is 10.7 Å². The summed E-state index contributed by atoms with van der Waals surface area (Å²) in [5.74, 6) is 0. The van der Waals surface area contributed by atoms with E-state index < -0.39 is 0 Å². The van der Waals surface area contributed by atoms with Gasteiger partial charge in [-0.3, -0.25) is 4.99 Å². The van der Waals surface area contributed by atoms with Gasteiger partial charge in [0.15, 0.2) is 5.65 Å². The number of rotatable bonds is 4. The van der Waals surface area contributed by atoms with Crippen LogP contribution in [0.15, 0.2) is 41.0 Å². The van der Waals surface area contributed by atoms with Gasteiger partial charge in [0, 0.05) is 25.0 Å². The molecule has 4 aromatic heterocycles. The van der Waals surface area contributed by atoms with Gasteiger partial charge in [-0.15, -0.1) is 16.4 Å². The van der Waals surface area contributed by atoms with E-state index in [-0.39, 0.29) is 0 Å². The average molecular weight is 350 g/mol. The second-order valence-corrected chi connectivity index (χ2v) is 6.11.